The van der Waals surface area contributed by atoms with Crippen LogP contribution in [0.3, 0.4) is 0 Å². The fraction of sp³-hybridized carbons (Fsp3) is 0.905. The average molecular weight is 345 g/mol. The highest BCUT2D eigenvalue weighted by molar-refractivity contribution is 4.76. The summed E-state index contributed by atoms with van der Waals surface area (Å²) < 4.78 is 17.2. The van der Waals surface area contributed by atoms with Gasteiger partial charge in [-0.2, -0.15) is 0 Å². The van der Waals surface area contributed by atoms with Gasteiger partial charge in [-0.15, -0.1) is 6.58 Å². The maximum Gasteiger partial charge on any atom is 0.168 e. The minimum absolute atomic E-state index is 0.406. The van der Waals surface area contributed by atoms with Crippen LogP contribution in [-0.4, -0.2) is 32.7 Å². The van der Waals surface area contributed by atoms with Gasteiger partial charge in [0.05, 0.1) is 0 Å². The molecule has 3 nitrogen and oxygen atoms in total. The summed E-state index contributed by atoms with van der Waals surface area (Å²) in [6.45, 7) is 15.8. The summed E-state index contributed by atoms with van der Waals surface area (Å²) in [5, 5.41) is 0. The molecular weight excluding hydrogens is 300 g/mol. The van der Waals surface area contributed by atoms with E-state index in [1.807, 2.05) is 20.8 Å². The Morgan fingerprint density at radius 3 is 1.88 bits per heavy atom. The molecule has 0 N–H and O–H groups in total. The normalized spacial score (nSPS) is 12.4. The summed E-state index contributed by atoms with van der Waals surface area (Å²) in [6, 6.07) is 0. The van der Waals surface area contributed by atoms with Gasteiger partial charge >= 0.3 is 0 Å². The lowest BCUT2D eigenvalue weighted by molar-refractivity contribution is -0.255. The molecule has 0 aliphatic rings. The van der Waals surface area contributed by atoms with Crippen molar-refractivity contribution in [2.24, 2.45) is 5.92 Å². The molecule has 0 aliphatic heterocycles. The smallest absolute Gasteiger partial charge is 0.168 e. The highest BCUT2D eigenvalue weighted by Gasteiger charge is 2.34. The summed E-state index contributed by atoms with van der Waals surface area (Å²) in [7, 11) is 1.76. The number of ether oxygens (including phenoxy) is 3. The van der Waals surface area contributed by atoms with Gasteiger partial charge < -0.3 is 14.2 Å². The third-order valence-electron chi connectivity index (χ3n) is 4.18. The van der Waals surface area contributed by atoms with Crippen molar-refractivity contribution in [3.63, 3.8) is 0 Å². The molecule has 0 heterocycles. The van der Waals surface area contributed by atoms with Crippen LogP contribution in [0.25, 0.3) is 0 Å². The van der Waals surface area contributed by atoms with Crippen LogP contribution >= 0.6 is 0 Å². The molecule has 0 aromatic heterocycles. The van der Waals surface area contributed by atoms with Crippen LogP contribution in [0.2, 0.25) is 0 Å². The second kappa shape index (κ2) is 19.0. The summed E-state index contributed by atoms with van der Waals surface area (Å²) in [6.07, 6.45) is 11.9. The van der Waals surface area contributed by atoms with Crippen LogP contribution in [0, 0.1) is 5.92 Å². The number of rotatable bonds is 15. The molecule has 0 saturated heterocycles. The van der Waals surface area contributed by atoms with Gasteiger partial charge in [0.2, 0.25) is 0 Å². The second-order valence-electron chi connectivity index (χ2n) is 6.33. The largest absolute Gasteiger partial charge is 0.385 e. The van der Waals surface area contributed by atoms with Gasteiger partial charge in [0.15, 0.2) is 5.79 Å². The molecule has 1 unspecified atom stereocenters. The van der Waals surface area contributed by atoms with Gasteiger partial charge in [0, 0.05) is 32.8 Å². The Hall–Kier alpha value is -0.380. The van der Waals surface area contributed by atoms with E-state index in [1.54, 1.807) is 13.2 Å². The Morgan fingerprint density at radius 1 is 0.917 bits per heavy atom. The molecule has 24 heavy (non-hydrogen) atoms. The molecular formula is C21H44O3. The van der Waals surface area contributed by atoms with Crippen LogP contribution in [-0.2, 0) is 14.2 Å². The van der Waals surface area contributed by atoms with Gasteiger partial charge in [-0.3, -0.25) is 0 Å². The third kappa shape index (κ3) is 14.0. The quantitative estimate of drug-likeness (QED) is 0.196. The van der Waals surface area contributed by atoms with Crippen LogP contribution in [0.5, 0.6) is 0 Å². The number of allylic oxidation sites excluding steroid dienone is 1. The van der Waals surface area contributed by atoms with E-state index >= 15 is 0 Å². The van der Waals surface area contributed by atoms with Crippen molar-refractivity contribution in [2.75, 3.05) is 26.9 Å². The zero-order valence-corrected chi connectivity index (χ0v) is 17.4. The highest BCUT2D eigenvalue weighted by Crippen LogP contribution is 2.31. The highest BCUT2D eigenvalue weighted by atomic mass is 16.7. The number of methoxy groups -OCH3 is 1. The van der Waals surface area contributed by atoms with E-state index in [1.165, 1.54) is 38.5 Å². The predicted octanol–water partition coefficient (Wildman–Crippen LogP) is 6.37. The fourth-order valence-corrected chi connectivity index (χ4v) is 2.95. The van der Waals surface area contributed by atoms with Gasteiger partial charge in [0.1, 0.15) is 0 Å². The molecule has 0 amide bonds. The summed E-state index contributed by atoms with van der Waals surface area (Å²) in [5.74, 6) is -0.0608. The molecule has 146 valence electrons. The second-order valence-corrected chi connectivity index (χ2v) is 6.33. The first-order valence-corrected chi connectivity index (χ1v) is 9.89. The van der Waals surface area contributed by atoms with E-state index in [-0.39, 0.29) is 0 Å². The Labute approximate surface area is 152 Å². The van der Waals surface area contributed by atoms with E-state index in [0.717, 1.165) is 19.4 Å². The molecule has 1 atom stereocenters. The summed E-state index contributed by atoms with van der Waals surface area (Å²) >= 11 is 0. The van der Waals surface area contributed by atoms with Crippen molar-refractivity contribution in [3.8, 4) is 0 Å². The van der Waals surface area contributed by atoms with Crippen molar-refractivity contribution in [1.82, 2.24) is 0 Å². The molecule has 0 radical (unpaired) electrons. The lowest BCUT2D eigenvalue weighted by atomic mass is 9.90. The first-order chi connectivity index (χ1) is 11.6. The fourth-order valence-electron chi connectivity index (χ4n) is 2.95. The number of hydrogen-bond acceptors (Lipinski definition) is 3. The van der Waals surface area contributed by atoms with Crippen LogP contribution in [0.15, 0.2) is 12.7 Å². The number of unbranched alkanes of at least 4 members (excludes halogenated alkanes) is 5. The Morgan fingerprint density at radius 2 is 1.42 bits per heavy atom. The third-order valence-corrected chi connectivity index (χ3v) is 4.18. The van der Waals surface area contributed by atoms with Crippen LogP contribution < -0.4 is 0 Å². The zero-order chi connectivity index (χ0) is 18.7. The first-order valence-electron chi connectivity index (χ1n) is 9.89. The van der Waals surface area contributed by atoms with Crippen molar-refractivity contribution in [2.45, 2.75) is 91.8 Å². The van der Waals surface area contributed by atoms with Crippen molar-refractivity contribution >= 4 is 0 Å². The van der Waals surface area contributed by atoms with Gasteiger partial charge in [-0.05, 0) is 40.5 Å². The molecule has 0 spiro atoms. The van der Waals surface area contributed by atoms with Gasteiger partial charge in [0.25, 0.3) is 0 Å². The first kappa shape index (κ1) is 25.9. The van der Waals surface area contributed by atoms with E-state index in [4.69, 9.17) is 14.2 Å². The Bertz CT molecular complexity index is 247. The summed E-state index contributed by atoms with van der Waals surface area (Å²) in [5.41, 5.74) is 0. The minimum atomic E-state index is -0.467. The maximum absolute atomic E-state index is 5.95. The molecule has 0 fully saturated rings. The molecule has 0 aromatic rings. The lowest BCUT2D eigenvalue weighted by Crippen LogP contribution is -2.41. The Kier molecular flexibility index (Phi) is 20.4. The summed E-state index contributed by atoms with van der Waals surface area (Å²) in [4.78, 5) is 0. The number of hydrogen-bond donors (Lipinski definition) is 0. The zero-order valence-electron chi connectivity index (χ0n) is 17.4. The predicted molar refractivity (Wildman–Crippen MR) is 106 cm³/mol. The van der Waals surface area contributed by atoms with E-state index in [0.29, 0.717) is 19.1 Å². The monoisotopic (exact) mass is 344 g/mol. The molecule has 3 heteroatoms. The topological polar surface area (TPSA) is 27.7 Å². The van der Waals surface area contributed by atoms with Gasteiger partial charge in [-0.1, -0.05) is 51.5 Å². The molecule has 0 saturated carbocycles. The average Bonchev–Trinajstić information content (AvgIpc) is 2.54. The van der Waals surface area contributed by atoms with E-state index in [9.17, 15) is 0 Å². The molecule has 0 aromatic carbocycles. The van der Waals surface area contributed by atoms with Crippen molar-refractivity contribution in [1.29, 1.82) is 0 Å². The van der Waals surface area contributed by atoms with Gasteiger partial charge in [-0.25, -0.2) is 0 Å². The van der Waals surface area contributed by atoms with E-state index in [2.05, 4.69) is 20.4 Å². The maximum atomic E-state index is 5.95. The van der Waals surface area contributed by atoms with Crippen LogP contribution in [0.1, 0.15) is 86.0 Å². The van der Waals surface area contributed by atoms with E-state index < -0.39 is 5.79 Å². The molecule has 0 aliphatic carbocycles. The Balaban J connectivity index is 0. The SMILES string of the molecule is C=CC.CCCCCCCCC(CCOC)C(C)(OCC)OCC. The van der Waals surface area contributed by atoms with Crippen molar-refractivity contribution in [3.05, 3.63) is 12.7 Å². The molecule has 0 rings (SSSR count). The van der Waals surface area contributed by atoms with Crippen LogP contribution in [0.4, 0.5) is 0 Å². The lowest BCUT2D eigenvalue weighted by Gasteiger charge is -2.37. The van der Waals surface area contributed by atoms with Crippen molar-refractivity contribution < 1.29 is 14.2 Å². The molecule has 0 bridgehead atoms. The minimum Gasteiger partial charge on any atom is -0.385 e. The standard InChI is InChI=1S/C18H38O3.C3H6/c1-6-9-10-11-12-13-14-17(15-16-19-5)18(4,20-7-2)21-8-3;1-3-2/h17H,6-16H2,1-5H3;3H,1H2,2H3.